The fraction of sp³-hybridized carbons (Fsp3) is 0.929. The Labute approximate surface area is 121 Å². The predicted octanol–water partition coefficient (Wildman–Crippen LogP) is 0.300. The van der Waals surface area contributed by atoms with E-state index in [0.29, 0.717) is 39.1 Å². The molecule has 1 aliphatic carbocycles. The summed E-state index contributed by atoms with van der Waals surface area (Å²) in [6.45, 7) is 3.97. The van der Waals surface area contributed by atoms with E-state index >= 15 is 0 Å². The molecule has 0 saturated heterocycles. The zero-order chi connectivity index (χ0) is 14.6. The van der Waals surface area contributed by atoms with Crippen LogP contribution in [0.4, 0.5) is 0 Å². The Morgan fingerprint density at radius 2 is 1.65 bits per heavy atom. The molecule has 1 amide bonds. The van der Waals surface area contributed by atoms with E-state index in [0.717, 1.165) is 32.2 Å². The zero-order valence-corrected chi connectivity index (χ0v) is 12.4. The second-order valence-corrected chi connectivity index (χ2v) is 5.12. The van der Waals surface area contributed by atoms with Crippen molar-refractivity contribution in [3.8, 4) is 0 Å². The lowest BCUT2D eigenvalue weighted by Crippen LogP contribution is -2.38. The lowest BCUT2D eigenvalue weighted by molar-refractivity contribution is -0.122. The summed E-state index contributed by atoms with van der Waals surface area (Å²) in [5.41, 5.74) is 5.31. The highest BCUT2D eigenvalue weighted by Gasteiger charge is 2.23. The molecule has 0 heterocycles. The first-order valence-corrected chi connectivity index (χ1v) is 7.41. The van der Waals surface area contributed by atoms with Crippen LogP contribution in [0.15, 0.2) is 0 Å². The Hall–Kier alpha value is -0.690. The number of hydrogen-bond donors (Lipinski definition) is 2. The van der Waals surface area contributed by atoms with Crippen molar-refractivity contribution in [3.63, 3.8) is 0 Å². The minimum atomic E-state index is -0.153. The lowest BCUT2D eigenvalue weighted by atomic mass is 9.85. The van der Waals surface area contributed by atoms with Gasteiger partial charge in [-0.25, -0.2) is 0 Å². The summed E-state index contributed by atoms with van der Waals surface area (Å²) in [5.74, 6) is -0.0752. The minimum absolute atomic E-state index is 0.0774. The molecule has 1 fully saturated rings. The molecular weight excluding hydrogens is 260 g/mol. The van der Waals surface area contributed by atoms with Crippen LogP contribution in [0.5, 0.6) is 0 Å². The number of carbonyl (C=O) groups is 1. The molecule has 6 heteroatoms. The number of amides is 1. The molecule has 0 aromatic rings. The van der Waals surface area contributed by atoms with E-state index in [4.69, 9.17) is 19.9 Å². The van der Waals surface area contributed by atoms with Gasteiger partial charge in [0.2, 0.25) is 5.91 Å². The number of rotatable bonds is 11. The second kappa shape index (κ2) is 11.0. The fourth-order valence-corrected chi connectivity index (χ4v) is 2.38. The van der Waals surface area contributed by atoms with E-state index in [9.17, 15) is 4.79 Å². The molecule has 0 radical (unpaired) electrons. The fourth-order valence-electron chi connectivity index (χ4n) is 2.38. The van der Waals surface area contributed by atoms with E-state index in [1.807, 2.05) is 0 Å². The van der Waals surface area contributed by atoms with Gasteiger partial charge in [-0.15, -0.1) is 0 Å². The molecular formula is C14H28N2O4. The van der Waals surface area contributed by atoms with Crippen molar-refractivity contribution in [2.75, 3.05) is 46.7 Å². The third kappa shape index (κ3) is 7.79. The summed E-state index contributed by atoms with van der Waals surface area (Å²) < 4.78 is 15.6. The smallest absolute Gasteiger partial charge is 0.220 e. The number of carbonyl (C=O) groups excluding carboxylic acids is 1. The third-order valence-electron chi connectivity index (χ3n) is 3.61. The number of nitrogens with two attached hydrogens (primary N) is 1. The van der Waals surface area contributed by atoms with Gasteiger partial charge in [0.25, 0.3) is 0 Å². The van der Waals surface area contributed by atoms with Crippen molar-refractivity contribution in [3.05, 3.63) is 0 Å². The normalized spacial score (nSPS) is 22.9. The average molecular weight is 288 g/mol. The van der Waals surface area contributed by atoms with E-state index < -0.39 is 0 Å². The summed E-state index contributed by atoms with van der Waals surface area (Å²) >= 11 is 0. The van der Waals surface area contributed by atoms with Gasteiger partial charge in [-0.1, -0.05) is 0 Å². The molecule has 118 valence electrons. The molecule has 1 saturated carbocycles. The minimum Gasteiger partial charge on any atom is -0.382 e. The van der Waals surface area contributed by atoms with Gasteiger partial charge in [0.1, 0.15) is 0 Å². The summed E-state index contributed by atoms with van der Waals surface area (Å²) in [4.78, 5) is 11.0. The third-order valence-corrected chi connectivity index (χ3v) is 3.61. The van der Waals surface area contributed by atoms with Crippen molar-refractivity contribution in [2.24, 2.45) is 11.7 Å². The molecule has 0 aromatic heterocycles. The first-order valence-electron chi connectivity index (χ1n) is 7.41. The molecule has 0 unspecified atom stereocenters. The highest BCUT2D eigenvalue weighted by Crippen LogP contribution is 2.23. The molecule has 1 rings (SSSR count). The monoisotopic (exact) mass is 288 g/mol. The van der Waals surface area contributed by atoms with Gasteiger partial charge in [0, 0.05) is 25.6 Å². The van der Waals surface area contributed by atoms with Crippen molar-refractivity contribution in [1.82, 2.24) is 5.32 Å². The standard InChI is InChI=1S/C14H28N2O4/c1-18-8-9-20-11-10-19-7-6-16-13-4-2-12(3-5-13)14(15)17/h12-13,16H,2-11H2,1H3,(H2,15,17). The van der Waals surface area contributed by atoms with E-state index in [1.54, 1.807) is 7.11 Å². The molecule has 6 nitrogen and oxygen atoms in total. The second-order valence-electron chi connectivity index (χ2n) is 5.12. The Balaban J connectivity index is 1.86. The number of hydrogen-bond acceptors (Lipinski definition) is 5. The molecule has 0 bridgehead atoms. The number of nitrogens with one attached hydrogen (secondary N) is 1. The molecule has 1 aliphatic rings. The SMILES string of the molecule is COCCOCCOCCNC1CCC(C(N)=O)CC1. The van der Waals surface area contributed by atoms with Crippen LogP contribution in [0, 0.1) is 5.92 Å². The average Bonchev–Trinajstić information content (AvgIpc) is 2.46. The van der Waals surface area contributed by atoms with Crippen LogP contribution in [0.3, 0.4) is 0 Å². The predicted molar refractivity (Wildman–Crippen MR) is 76.5 cm³/mol. The first-order chi connectivity index (χ1) is 9.74. The van der Waals surface area contributed by atoms with Crippen molar-refractivity contribution >= 4 is 5.91 Å². The topological polar surface area (TPSA) is 82.8 Å². The van der Waals surface area contributed by atoms with Crippen LogP contribution in [0.2, 0.25) is 0 Å². The zero-order valence-electron chi connectivity index (χ0n) is 12.4. The molecule has 3 N–H and O–H groups in total. The Bertz CT molecular complexity index is 256. The van der Waals surface area contributed by atoms with Crippen molar-refractivity contribution in [1.29, 1.82) is 0 Å². The molecule has 0 atom stereocenters. The molecule has 20 heavy (non-hydrogen) atoms. The van der Waals surface area contributed by atoms with Gasteiger partial charge < -0.3 is 25.3 Å². The van der Waals surface area contributed by atoms with Gasteiger partial charge >= 0.3 is 0 Å². The lowest BCUT2D eigenvalue weighted by Gasteiger charge is -2.27. The van der Waals surface area contributed by atoms with Crippen LogP contribution in [-0.4, -0.2) is 58.6 Å². The maximum atomic E-state index is 11.0. The Kier molecular flexibility index (Phi) is 9.57. The van der Waals surface area contributed by atoms with Gasteiger partial charge in [-0.05, 0) is 25.7 Å². The Morgan fingerprint density at radius 3 is 2.25 bits per heavy atom. The van der Waals surface area contributed by atoms with Gasteiger partial charge in [0.15, 0.2) is 0 Å². The van der Waals surface area contributed by atoms with E-state index in [-0.39, 0.29) is 11.8 Å². The summed E-state index contributed by atoms with van der Waals surface area (Å²) in [6.07, 6.45) is 3.85. The summed E-state index contributed by atoms with van der Waals surface area (Å²) in [6, 6.07) is 0.493. The van der Waals surface area contributed by atoms with Crippen LogP contribution >= 0.6 is 0 Å². The van der Waals surface area contributed by atoms with Crippen LogP contribution in [-0.2, 0) is 19.0 Å². The van der Waals surface area contributed by atoms with Crippen LogP contribution in [0.1, 0.15) is 25.7 Å². The number of primary amides is 1. The maximum Gasteiger partial charge on any atom is 0.220 e. The van der Waals surface area contributed by atoms with Gasteiger partial charge in [-0.3, -0.25) is 4.79 Å². The highest BCUT2D eigenvalue weighted by molar-refractivity contribution is 5.76. The highest BCUT2D eigenvalue weighted by atomic mass is 16.5. The van der Waals surface area contributed by atoms with Crippen LogP contribution in [0.25, 0.3) is 0 Å². The summed E-state index contributed by atoms with van der Waals surface area (Å²) in [5, 5.41) is 3.45. The first kappa shape index (κ1) is 17.4. The molecule has 0 aliphatic heterocycles. The van der Waals surface area contributed by atoms with Crippen molar-refractivity contribution < 1.29 is 19.0 Å². The quantitative estimate of drug-likeness (QED) is 0.534. The van der Waals surface area contributed by atoms with Gasteiger partial charge in [0.05, 0.1) is 33.0 Å². The number of methoxy groups -OCH3 is 1. The Morgan fingerprint density at radius 1 is 1.05 bits per heavy atom. The van der Waals surface area contributed by atoms with E-state index in [1.165, 1.54) is 0 Å². The van der Waals surface area contributed by atoms with E-state index in [2.05, 4.69) is 5.32 Å². The maximum absolute atomic E-state index is 11.0. The molecule has 0 spiro atoms. The van der Waals surface area contributed by atoms with Gasteiger partial charge in [-0.2, -0.15) is 0 Å². The number of ether oxygens (including phenoxy) is 3. The largest absolute Gasteiger partial charge is 0.382 e. The molecule has 0 aromatic carbocycles. The van der Waals surface area contributed by atoms with Crippen molar-refractivity contribution in [2.45, 2.75) is 31.7 Å². The summed E-state index contributed by atoms with van der Waals surface area (Å²) in [7, 11) is 1.66. The van der Waals surface area contributed by atoms with Crippen LogP contribution < -0.4 is 11.1 Å².